The van der Waals surface area contributed by atoms with Crippen LogP contribution in [0.4, 0.5) is 4.79 Å². The van der Waals surface area contributed by atoms with Gasteiger partial charge in [0, 0.05) is 5.41 Å². The standard InChI is InChI=1S/C19H28O2P/c1-18(2)14-11-12-19(18,3)16(13-14)21-17(20)22(4,5)15-9-7-6-8-10-15/h6-10,14,16H,11-13H2,1-5H3/q+1. The molecule has 0 radical (unpaired) electrons. The molecule has 0 amide bonds. The van der Waals surface area contributed by atoms with E-state index in [0.29, 0.717) is 5.92 Å². The molecule has 1 aromatic rings. The number of hydrogen-bond donors (Lipinski definition) is 0. The van der Waals surface area contributed by atoms with Crippen LogP contribution in [0.15, 0.2) is 30.3 Å². The summed E-state index contributed by atoms with van der Waals surface area (Å²) < 4.78 is 6.11. The third-order valence-electron chi connectivity index (χ3n) is 6.82. The van der Waals surface area contributed by atoms with Crippen molar-refractivity contribution in [2.45, 2.75) is 46.1 Å². The lowest BCUT2D eigenvalue weighted by Gasteiger charge is -2.38. The Balaban J connectivity index is 1.79. The van der Waals surface area contributed by atoms with E-state index >= 15 is 0 Å². The minimum Gasteiger partial charge on any atom is -0.432 e. The van der Waals surface area contributed by atoms with Crippen molar-refractivity contribution in [1.82, 2.24) is 0 Å². The van der Waals surface area contributed by atoms with Gasteiger partial charge in [-0.3, -0.25) is 0 Å². The van der Waals surface area contributed by atoms with Crippen LogP contribution >= 0.6 is 7.26 Å². The van der Waals surface area contributed by atoms with Crippen molar-refractivity contribution in [2.24, 2.45) is 16.7 Å². The van der Waals surface area contributed by atoms with E-state index in [4.69, 9.17) is 4.74 Å². The van der Waals surface area contributed by atoms with Gasteiger partial charge in [-0.05, 0) is 42.7 Å². The fourth-order valence-corrected chi connectivity index (χ4v) is 5.99. The lowest BCUT2D eigenvalue weighted by atomic mass is 9.70. The summed E-state index contributed by atoms with van der Waals surface area (Å²) in [5.41, 5.74) is 0.449. The molecule has 2 nitrogen and oxygen atoms in total. The van der Waals surface area contributed by atoms with E-state index < -0.39 is 7.26 Å². The van der Waals surface area contributed by atoms with Crippen molar-refractivity contribution in [2.75, 3.05) is 13.3 Å². The molecule has 22 heavy (non-hydrogen) atoms. The molecule has 3 rings (SSSR count). The summed E-state index contributed by atoms with van der Waals surface area (Å²) in [5.74, 6) is 0.702. The number of fused-ring (bicyclic) bond motifs is 2. The molecule has 1 aromatic carbocycles. The normalized spacial score (nSPS) is 33.0. The zero-order valence-electron chi connectivity index (χ0n) is 14.4. The first-order chi connectivity index (χ1) is 10.2. The van der Waals surface area contributed by atoms with E-state index in [-0.39, 0.29) is 22.6 Å². The second-order valence-electron chi connectivity index (χ2n) is 8.27. The van der Waals surface area contributed by atoms with Gasteiger partial charge in [-0.25, -0.2) is 4.79 Å². The molecule has 3 atom stereocenters. The SMILES string of the molecule is CC1(C)C2CCC1(C)C(OC(=O)[P+](C)(C)c1ccccc1)C2. The maximum atomic E-state index is 12.9. The third-order valence-corrected chi connectivity index (χ3v) is 9.42. The highest BCUT2D eigenvalue weighted by molar-refractivity contribution is 7.95. The molecule has 0 heterocycles. The third kappa shape index (κ3) is 2.14. The quantitative estimate of drug-likeness (QED) is 0.738. The first kappa shape index (κ1) is 16.0. The van der Waals surface area contributed by atoms with Gasteiger partial charge in [-0.1, -0.05) is 39.0 Å². The van der Waals surface area contributed by atoms with Crippen LogP contribution in [0, 0.1) is 16.7 Å². The number of benzene rings is 1. The second kappa shape index (κ2) is 5.06. The minimum absolute atomic E-state index is 0.0216. The number of carbonyl (C=O) groups is 1. The Morgan fingerprint density at radius 3 is 2.32 bits per heavy atom. The lowest BCUT2D eigenvalue weighted by molar-refractivity contribution is 0.00614. The van der Waals surface area contributed by atoms with Gasteiger partial charge in [0.1, 0.15) is 11.4 Å². The smallest absolute Gasteiger partial charge is 0.432 e. The molecule has 0 aliphatic heterocycles. The summed E-state index contributed by atoms with van der Waals surface area (Å²) in [6.45, 7) is 11.2. The highest BCUT2D eigenvalue weighted by atomic mass is 31.2. The van der Waals surface area contributed by atoms with Crippen LogP contribution in [-0.2, 0) is 4.74 Å². The molecule has 2 bridgehead atoms. The molecule has 2 fully saturated rings. The Hall–Kier alpha value is -0.880. The average Bonchev–Trinajstić information content (AvgIpc) is 2.81. The predicted molar refractivity (Wildman–Crippen MR) is 94.3 cm³/mol. The van der Waals surface area contributed by atoms with Gasteiger partial charge < -0.3 is 4.74 Å². The molecule has 2 saturated carbocycles. The number of rotatable bonds is 3. The van der Waals surface area contributed by atoms with E-state index in [0.717, 1.165) is 11.7 Å². The van der Waals surface area contributed by atoms with Gasteiger partial charge in [-0.15, -0.1) is 0 Å². The average molecular weight is 319 g/mol. The van der Waals surface area contributed by atoms with Crippen molar-refractivity contribution >= 4 is 18.3 Å². The molecule has 3 heteroatoms. The fraction of sp³-hybridized carbons (Fsp3) is 0.632. The van der Waals surface area contributed by atoms with E-state index in [1.165, 1.54) is 12.8 Å². The summed E-state index contributed by atoms with van der Waals surface area (Å²) in [6.07, 6.45) is 3.61. The van der Waals surface area contributed by atoms with Crippen molar-refractivity contribution in [3.63, 3.8) is 0 Å². The summed E-state index contributed by atoms with van der Waals surface area (Å²) in [4.78, 5) is 12.9. The van der Waals surface area contributed by atoms with Crippen molar-refractivity contribution in [3.05, 3.63) is 30.3 Å². The van der Waals surface area contributed by atoms with Gasteiger partial charge >= 0.3 is 5.71 Å². The van der Waals surface area contributed by atoms with Crippen molar-refractivity contribution < 1.29 is 9.53 Å². The maximum absolute atomic E-state index is 12.9. The predicted octanol–water partition coefficient (Wildman–Crippen LogP) is 4.94. The molecule has 0 spiro atoms. The summed E-state index contributed by atoms with van der Waals surface area (Å²) in [7, 11) is -1.89. The molecular weight excluding hydrogens is 291 g/mol. The van der Waals surface area contributed by atoms with Gasteiger partial charge in [0.05, 0.1) is 13.3 Å². The molecule has 0 aromatic heterocycles. The van der Waals surface area contributed by atoms with E-state index in [9.17, 15) is 4.79 Å². The van der Waals surface area contributed by atoms with Crippen LogP contribution in [0.2, 0.25) is 0 Å². The number of ether oxygens (including phenoxy) is 1. The van der Waals surface area contributed by atoms with Gasteiger partial charge in [-0.2, -0.15) is 0 Å². The second-order valence-corrected chi connectivity index (χ2v) is 12.1. The zero-order valence-corrected chi connectivity index (χ0v) is 15.3. The first-order valence-corrected chi connectivity index (χ1v) is 11.0. The van der Waals surface area contributed by atoms with Crippen LogP contribution in [0.1, 0.15) is 40.0 Å². The van der Waals surface area contributed by atoms with Crippen LogP contribution in [-0.4, -0.2) is 25.1 Å². The molecule has 2 aliphatic carbocycles. The highest BCUT2D eigenvalue weighted by Crippen LogP contribution is 2.67. The number of carbonyl (C=O) groups excluding carboxylic acids is 1. The van der Waals surface area contributed by atoms with Gasteiger partial charge in [0.25, 0.3) is 0 Å². The zero-order chi connectivity index (χ0) is 16.2. The molecule has 2 aliphatic rings. The summed E-state index contributed by atoms with van der Waals surface area (Å²) in [6, 6.07) is 10.1. The molecule has 3 unspecified atom stereocenters. The number of hydrogen-bond acceptors (Lipinski definition) is 2. The maximum Gasteiger partial charge on any atom is 0.455 e. The lowest BCUT2D eigenvalue weighted by Crippen LogP contribution is -2.38. The molecule has 0 N–H and O–H groups in total. The Morgan fingerprint density at radius 1 is 1.18 bits per heavy atom. The monoisotopic (exact) mass is 319 g/mol. The van der Waals surface area contributed by atoms with Gasteiger partial charge in [0.15, 0.2) is 7.26 Å². The Kier molecular flexibility index (Phi) is 3.68. The van der Waals surface area contributed by atoms with Crippen LogP contribution in [0.5, 0.6) is 0 Å². The Labute approximate surface area is 135 Å². The Bertz CT molecular complexity index is 578. The minimum atomic E-state index is -1.89. The Morgan fingerprint density at radius 2 is 1.82 bits per heavy atom. The molecule has 0 saturated heterocycles. The van der Waals surface area contributed by atoms with Crippen LogP contribution < -0.4 is 5.30 Å². The summed E-state index contributed by atoms with van der Waals surface area (Å²) >= 11 is 0. The van der Waals surface area contributed by atoms with E-state index in [1.807, 2.05) is 18.2 Å². The largest absolute Gasteiger partial charge is 0.455 e. The topological polar surface area (TPSA) is 26.3 Å². The van der Waals surface area contributed by atoms with Crippen LogP contribution in [0.25, 0.3) is 0 Å². The first-order valence-electron chi connectivity index (χ1n) is 8.30. The van der Waals surface area contributed by atoms with Gasteiger partial charge in [0.2, 0.25) is 0 Å². The summed E-state index contributed by atoms with van der Waals surface area (Å²) in [5, 5.41) is 1.13. The fourth-order valence-electron chi connectivity index (χ4n) is 4.47. The molecular formula is C19H28O2P+. The van der Waals surface area contributed by atoms with Crippen LogP contribution in [0.3, 0.4) is 0 Å². The molecule has 120 valence electrons. The van der Waals surface area contributed by atoms with E-state index in [2.05, 4.69) is 46.2 Å². The van der Waals surface area contributed by atoms with E-state index in [1.54, 1.807) is 0 Å². The van der Waals surface area contributed by atoms with Crippen molar-refractivity contribution in [1.29, 1.82) is 0 Å². The highest BCUT2D eigenvalue weighted by Gasteiger charge is 2.63. The van der Waals surface area contributed by atoms with Crippen molar-refractivity contribution in [3.8, 4) is 0 Å².